The lowest BCUT2D eigenvalue weighted by Gasteiger charge is -2.35. The van der Waals surface area contributed by atoms with E-state index in [0.717, 1.165) is 12.8 Å². The van der Waals surface area contributed by atoms with Crippen molar-refractivity contribution in [3.63, 3.8) is 0 Å². The monoisotopic (exact) mass is 310 g/mol. The lowest BCUT2D eigenvalue weighted by molar-refractivity contribution is -0.133. The Morgan fingerprint density at radius 1 is 1.43 bits per heavy atom. The van der Waals surface area contributed by atoms with Crippen LogP contribution in [0.15, 0.2) is 11.7 Å². The molecule has 0 bridgehead atoms. The molecule has 1 aliphatic heterocycles. The summed E-state index contributed by atoms with van der Waals surface area (Å²) in [6.45, 7) is 5.16. The van der Waals surface area contributed by atoms with Crippen LogP contribution < -0.4 is 11.1 Å². The number of rotatable bonds is 4. The van der Waals surface area contributed by atoms with Gasteiger partial charge in [0.15, 0.2) is 0 Å². The van der Waals surface area contributed by atoms with E-state index in [1.807, 2.05) is 11.8 Å². The van der Waals surface area contributed by atoms with Crippen LogP contribution in [0.5, 0.6) is 0 Å². The molecule has 0 radical (unpaired) electrons. The molecule has 7 heteroatoms. The molecule has 1 unspecified atom stereocenters. The van der Waals surface area contributed by atoms with Gasteiger partial charge < -0.3 is 16.0 Å². The maximum atomic E-state index is 12.0. The third kappa shape index (κ3) is 4.01. The first-order valence-corrected chi connectivity index (χ1v) is 8.10. The highest BCUT2D eigenvalue weighted by atomic mass is 32.1. The fraction of sp³-hybridized carbons (Fsp3) is 0.643. The van der Waals surface area contributed by atoms with Crippen LogP contribution in [-0.4, -0.2) is 46.9 Å². The first-order chi connectivity index (χ1) is 9.99. The summed E-state index contributed by atoms with van der Waals surface area (Å²) in [7, 11) is 0. The Morgan fingerprint density at radius 3 is 2.62 bits per heavy atom. The summed E-state index contributed by atoms with van der Waals surface area (Å²) < 4.78 is 0. The van der Waals surface area contributed by atoms with E-state index in [1.54, 1.807) is 18.6 Å². The minimum Gasteiger partial charge on any atom is -0.349 e. The van der Waals surface area contributed by atoms with Gasteiger partial charge in [-0.3, -0.25) is 14.6 Å². The van der Waals surface area contributed by atoms with Crippen molar-refractivity contribution in [1.29, 1.82) is 0 Å². The predicted molar refractivity (Wildman–Crippen MR) is 82.0 cm³/mol. The van der Waals surface area contributed by atoms with E-state index in [0.29, 0.717) is 23.9 Å². The Morgan fingerprint density at radius 2 is 2.10 bits per heavy atom. The van der Waals surface area contributed by atoms with Crippen molar-refractivity contribution in [2.75, 3.05) is 13.1 Å². The van der Waals surface area contributed by atoms with Gasteiger partial charge in [-0.2, -0.15) is 0 Å². The van der Waals surface area contributed by atoms with E-state index >= 15 is 0 Å². The largest absolute Gasteiger partial charge is 0.349 e. The number of nitrogens with zero attached hydrogens (tertiary/aromatic N) is 2. The van der Waals surface area contributed by atoms with Gasteiger partial charge in [-0.05, 0) is 32.6 Å². The van der Waals surface area contributed by atoms with E-state index in [1.165, 1.54) is 11.3 Å². The van der Waals surface area contributed by atoms with Crippen LogP contribution in [0.1, 0.15) is 36.4 Å². The average molecular weight is 310 g/mol. The number of carbonyl (C=O) groups is 2. The number of piperidine rings is 1. The molecule has 3 N–H and O–H groups in total. The third-order valence-corrected chi connectivity index (χ3v) is 4.73. The summed E-state index contributed by atoms with van der Waals surface area (Å²) in [6.07, 6.45) is 3.36. The van der Waals surface area contributed by atoms with E-state index < -0.39 is 6.04 Å². The highest BCUT2D eigenvalue weighted by Gasteiger charge is 2.28. The lowest BCUT2D eigenvalue weighted by atomic mass is 9.90. The van der Waals surface area contributed by atoms with Crippen LogP contribution in [0.25, 0.3) is 0 Å². The van der Waals surface area contributed by atoms with E-state index in [-0.39, 0.29) is 17.9 Å². The van der Waals surface area contributed by atoms with Crippen LogP contribution in [0.3, 0.4) is 0 Å². The van der Waals surface area contributed by atoms with Crippen molar-refractivity contribution in [2.24, 2.45) is 11.7 Å². The predicted octanol–water partition coefficient (Wildman–Crippen LogP) is 0.847. The molecule has 1 aromatic heterocycles. The smallest absolute Gasteiger partial charge is 0.263 e. The topological polar surface area (TPSA) is 88.3 Å². The number of thiazole rings is 1. The molecular weight excluding hydrogens is 288 g/mol. The first-order valence-electron chi connectivity index (χ1n) is 7.22. The highest BCUT2D eigenvalue weighted by molar-refractivity contribution is 7.11. The Hall–Kier alpha value is -1.47. The van der Waals surface area contributed by atoms with Gasteiger partial charge in [0.05, 0.1) is 17.7 Å². The summed E-state index contributed by atoms with van der Waals surface area (Å²) in [5, 5.41) is 3.02. The minimum atomic E-state index is -0.440. The molecule has 0 aromatic carbocycles. The highest BCUT2D eigenvalue weighted by Crippen LogP contribution is 2.21. The van der Waals surface area contributed by atoms with Crippen LogP contribution in [0.4, 0.5) is 0 Å². The molecular formula is C14H22N4O2S. The summed E-state index contributed by atoms with van der Waals surface area (Å²) in [5.41, 5.74) is 7.28. The van der Waals surface area contributed by atoms with Crippen molar-refractivity contribution in [3.05, 3.63) is 16.6 Å². The molecule has 2 rings (SSSR count). The van der Waals surface area contributed by atoms with Crippen molar-refractivity contribution in [2.45, 2.75) is 38.8 Å². The zero-order valence-electron chi connectivity index (χ0n) is 12.4. The maximum Gasteiger partial charge on any atom is 0.263 e. The van der Waals surface area contributed by atoms with Gasteiger partial charge in [-0.25, -0.2) is 0 Å². The standard InChI is InChI=1S/C14H22N4O2S/c1-9(15)14(20)18-5-3-11(4-6-18)10(2)17-13(19)12-7-16-8-21-12/h7-11H,3-6,15H2,1-2H3,(H,17,19)/t9-,10?/m0/s1. The second-order valence-electron chi connectivity index (χ2n) is 5.58. The van der Waals surface area contributed by atoms with Crippen LogP contribution in [0.2, 0.25) is 0 Å². The van der Waals surface area contributed by atoms with Gasteiger partial charge >= 0.3 is 0 Å². The molecule has 0 saturated carbocycles. The number of hydrogen-bond donors (Lipinski definition) is 2. The number of nitrogens with one attached hydrogen (secondary N) is 1. The minimum absolute atomic E-state index is 0.00907. The Bertz CT molecular complexity index is 481. The van der Waals surface area contributed by atoms with Gasteiger partial charge in [0, 0.05) is 19.1 Å². The molecule has 1 aliphatic rings. The van der Waals surface area contributed by atoms with E-state index in [9.17, 15) is 9.59 Å². The van der Waals surface area contributed by atoms with Crippen LogP contribution in [0, 0.1) is 5.92 Å². The average Bonchev–Trinajstić information content (AvgIpc) is 3.00. The van der Waals surface area contributed by atoms with Gasteiger partial charge in [-0.1, -0.05) is 0 Å². The Labute approximate surface area is 128 Å². The molecule has 21 heavy (non-hydrogen) atoms. The van der Waals surface area contributed by atoms with Crippen molar-refractivity contribution in [1.82, 2.24) is 15.2 Å². The number of nitrogens with two attached hydrogens (primary N) is 1. The fourth-order valence-electron chi connectivity index (χ4n) is 2.63. The van der Waals surface area contributed by atoms with Gasteiger partial charge in [-0.15, -0.1) is 11.3 Å². The summed E-state index contributed by atoms with van der Waals surface area (Å²) in [4.78, 5) is 30.2. The SMILES string of the molecule is CC(NC(=O)c1cncs1)C1CCN(C(=O)[C@H](C)N)CC1. The molecule has 2 heterocycles. The number of carbonyl (C=O) groups excluding carboxylic acids is 2. The Balaban J connectivity index is 1.82. The molecule has 0 spiro atoms. The second kappa shape index (κ2) is 7.00. The van der Waals surface area contributed by atoms with Gasteiger partial charge in [0.1, 0.15) is 4.88 Å². The molecule has 1 aromatic rings. The molecule has 1 fully saturated rings. The van der Waals surface area contributed by atoms with E-state index in [2.05, 4.69) is 10.3 Å². The maximum absolute atomic E-state index is 12.0. The number of hydrogen-bond acceptors (Lipinski definition) is 5. The zero-order valence-corrected chi connectivity index (χ0v) is 13.2. The molecule has 0 aliphatic carbocycles. The fourth-order valence-corrected chi connectivity index (χ4v) is 3.15. The summed E-state index contributed by atoms with van der Waals surface area (Å²) >= 11 is 1.34. The van der Waals surface area contributed by atoms with Crippen molar-refractivity contribution < 1.29 is 9.59 Å². The molecule has 1 saturated heterocycles. The summed E-state index contributed by atoms with van der Waals surface area (Å²) in [5.74, 6) is 0.327. The van der Waals surface area contributed by atoms with Crippen LogP contribution in [-0.2, 0) is 4.79 Å². The van der Waals surface area contributed by atoms with Gasteiger partial charge in [0.25, 0.3) is 5.91 Å². The van der Waals surface area contributed by atoms with Gasteiger partial charge in [0.2, 0.25) is 5.91 Å². The Kier molecular flexibility index (Phi) is 5.30. The second-order valence-corrected chi connectivity index (χ2v) is 6.47. The van der Waals surface area contributed by atoms with E-state index in [4.69, 9.17) is 5.73 Å². The summed E-state index contributed by atoms with van der Waals surface area (Å²) in [6, 6.07) is -0.350. The lowest BCUT2D eigenvalue weighted by Crippen LogP contribution is -2.49. The number of likely N-dealkylation sites (tertiary alicyclic amines) is 1. The quantitative estimate of drug-likeness (QED) is 0.863. The molecule has 116 valence electrons. The first kappa shape index (κ1) is 15.9. The molecule has 2 amide bonds. The van der Waals surface area contributed by atoms with Crippen molar-refractivity contribution in [3.8, 4) is 0 Å². The normalized spacial score (nSPS) is 19.1. The number of amides is 2. The van der Waals surface area contributed by atoms with Crippen molar-refractivity contribution >= 4 is 23.2 Å². The molecule has 6 nitrogen and oxygen atoms in total. The number of aromatic nitrogens is 1. The zero-order chi connectivity index (χ0) is 15.4. The third-order valence-electron chi connectivity index (χ3n) is 3.96. The molecule has 2 atom stereocenters. The van der Waals surface area contributed by atoms with Crippen LogP contribution >= 0.6 is 11.3 Å².